The van der Waals surface area contributed by atoms with Crippen LogP contribution in [0.1, 0.15) is 75.8 Å². The summed E-state index contributed by atoms with van der Waals surface area (Å²) in [6.45, 7) is 3.94. The molecule has 0 saturated heterocycles. The van der Waals surface area contributed by atoms with E-state index in [1.807, 2.05) is 0 Å². The molecule has 2 fully saturated rings. The van der Waals surface area contributed by atoms with Crippen molar-refractivity contribution in [1.29, 1.82) is 0 Å². The summed E-state index contributed by atoms with van der Waals surface area (Å²) >= 11 is 0. The summed E-state index contributed by atoms with van der Waals surface area (Å²) in [4.78, 5) is 0. The molecule has 0 amide bonds. The molecule has 4 rings (SSSR count). The highest BCUT2D eigenvalue weighted by atomic mass is 19.2. The van der Waals surface area contributed by atoms with Crippen LogP contribution in [0.25, 0.3) is 10.8 Å². The molecule has 0 atom stereocenters. The van der Waals surface area contributed by atoms with E-state index in [2.05, 4.69) is 6.92 Å². The Morgan fingerprint density at radius 2 is 1.34 bits per heavy atom. The van der Waals surface area contributed by atoms with Crippen LogP contribution < -0.4 is 0 Å². The second-order valence-corrected chi connectivity index (χ2v) is 9.91. The summed E-state index contributed by atoms with van der Waals surface area (Å²) in [5.74, 6) is 0.469. The van der Waals surface area contributed by atoms with Crippen LogP contribution in [0, 0.1) is 48.0 Å². The van der Waals surface area contributed by atoms with Gasteiger partial charge in [0.25, 0.3) is 0 Å². The van der Waals surface area contributed by atoms with Gasteiger partial charge < -0.3 is 0 Å². The minimum Gasteiger partial charge on any atom is -0.206 e. The second kappa shape index (κ2) is 8.70. The molecule has 0 unspecified atom stereocenters. The number of rotatable bonds is 4. The van der Waals surface area contributed by atoms with Crippen LogP contribution in [0.5, 0.6) is 0 Å². The van der Waals surface area contributed by atoms with Gasteiger partial charge in [-0.3, -0.25) is 0 Å². The molecule has 0 N–H and O–H groups in total. The van der Waals surface area contributed by atoms with Crippen LogP contribution in [-0.4, -0.2) is 0 Å². The van der Waals surface area contributed by atoms with Crippen molar-refractivity contribution in [2.45, 2.75) is 78.1 Å². The van der Waals surface area contributed by atoms with Crippen molar-refractivity contribution in [3.05, 3.63) is 46.8 Å². The second-order valence-electron chi connectivity index (χ2n) is 9.91. The highest BCUT2D eigenvalue weighted by molar-refractivity contribution is 5.85. The van der Waals surface area contributed by atoms with Gasteiger partial charge in [0.15, 0.2) is 11.6 Å². The quantitative estimate of drug-likeness (QED) is 0.484. The van der Waals surface area contributed by atoms with Crippen LogP contribution >= 0.6 is 0 Å². The van der Waals surface area contributed by atoms with Crippen LogP contribution in [0.15, 0.2) is 18.2 Å². The van der Waals surface area contributed by atoms with Gasteiger partial charge in [-0.15, -0.1) is 0 Å². The molecular formula is C26H33F3. The Bertz CT molecular complexity index is 856. The van der Waals surface area contributed by atoms with E-state index in [1.54, 1.807) is 25.1 Å². The number of fused-ring (bicyclic) bond motifs is 1. The molecule has 2 aliphatic rings. The topological polar surface area (TPSA) is 0 Å². The van der Waals surface area contributed by atoms with Gasteiger partial charge in [0.2, 0.25) is 0 Å². The largest absolute Gasteiger partial charge is 0.206 e. The molecular weight excluding hydrogens is 369 g/mol. The van der Waals surface area contributed by atoms with E-state index in [1.165, 1.54) is 44.9 Å². The van der Waals surface area contributed by atoms with Crippen molar-refractivity contribution in [3.8, 4) is 0 Å². The minimum absolute atomic E-state index is 0.211. The van der Waals surface area contributed by atoms with Crippen LogP contribution in [-0.2, 0) is 6.42 Å². The van der Waals surface area contributed by atoms with Gasteiger partial charge in [-0.1, -0.05) is 57.6 Å². The van der Waals surface area contributed by atoms with E-state index < -0.39 is 17.5 Å². The van der Waals surface area contributed by atoms with Gasteiger partial charge in [0.1, 0.15) is 5.82 Å². The highest BCUT2D eigenvalue weighted by Gasteiger charge is 2.27. The zero-order valence-electron chi connectivity index (χ0n) is 17.7. The summed E-state index contributed by atoms with van der Waals surface area (Å²) in [6.07, 6.45) is 12.1. The molecule has 0 nitrogen and oxygen atoms in total. The monoisotopic (exact) mass is 402 g/mol. The summed E-state index contributed by atoms with van der Waals surface area (Å²) in [6, 6.07) is 4.99. The first-order valence-corrected chi connectivity index (χ1v) is 11.5. The number of hydrogen-bond donors (Lipinski definition) is 0. The summed E-state index contributed by atoms with van der Waals surface area (Å²) in [5, 5.41) is 0.249. The zero-order valence-corrected chi connectivity index (χ0v) is 17.7. The van der Waals surface area contributed by atoms with Crippen LogP contribution in [0.3, 0.4) is 0 Å². The van der Waals surface area contributed by atoms with Crippen molar-refractivity contribution < 1.29 is 13.2 Å². The van der Waals surface area contributed by atoms with Crippen molar-refractivity contribution in [1.82, 2.24) is 0 Å². The summed E-state index contributed by atoms with van der Waals surface area (Å²) in [7, 11) is 0. The van der Waals surface area contributed by atoms with Crippen molar-refractivity contribution >= 4 is 10.8 Å². The number of halogens is 3. The predicted octanol–water partition coefficient (Wildman–Crippen LogP) is 8.13. The van der Waals surface area contributed by atoms with Gasteiger partial charge in [-0.2, -0.15) is 0 Å². The fourth-order valence-corrected chi connectivity index (χ4v) is 5.71. The lowest BCUT2D eigenvalue weighted by Gasteiger charge is -2.33. The Balaban J connectivity index is 1.39. The molecule has 2 aliphatic carbocycles. The van der Waals surface area contributed by atoms with Crippen LogP contribution in [0.4, 0.5) is 13.2 Å². The third-order valence-electron chi connectivity index (χ3n) is 7.67. The van der Waals surface area contributed by atoms with Gasteiger partial charge in [-0.25, -0.2) is 13.2 Å². The highest BCUT2D eigenvalue weighted by Crippen LogP contribution is 2.39. The maximum Gasteiger partial charge on any atom is 0.169 e. The molecule has 2 aromatic carbocycles. The molecule has 29 heavy (non-hydrogen) atoms. The van der Waals surface area contributed by atoms with Gasteiger partial charge in [-0.05, 0) is 78.9 Å². The molecule has 158 valence electrons. The maximum atomic E-state index is 14.7. The molecule has 0 spiro atoms. The van der Waals surface area contributed by atoms with E-state index in [9.17, 15) is 13.2 Å². The molecule has 0 aliphatic heterocycles. The van der Waals surface area contributed by atoms with Crippen molar-refractivity contribution in [3.63, 3.8) is 0 Å². The lowest BCUT2D eigenvalue weighted by atomic mass is 9.72. The fourth-order valence-electron chi connectivity index (χ4n) is 5.71. The number of benzene rings is 2. The molecule has 2 aromatic rings. The maximum absolute atomic E-state index is 14.7. The van der Waals surface area contributed by atoms with Gasteiger partial charge >= 0.3 is 0 Å². The van der Waals surface area contributed by atoms with E-state index in [0.29, 0.717) is 28.9 Å². The molecule has 0 aromatic heterocycles. The molecule has 2 saturated carbocycles. The van der Waals surface area contributed by atoms with Gasteiger partial charge in [0.05, 0.1) is 5.39 Å². The van der Waals surface area contributed by atoms with Gasteiger partial charge in [0, 0.05) is 0 Å². The average molecular weight is 403 g/mol. The predicted molar refractivity (Wildman–Crippen MR) is 113 cm³/mol. The fraction of sp³-hybridized carbons (Fsp3) is 0.615. The van der Waals surface area contributed by atoms with E-state index in [4.69, 9.17) is 0 Å². The summed E-state index contributed by atoms with van der Waals surface area (Å²) < 4.78 is 43.5. The normalized spacial score (nSPS) is 28.0. The van der Waals surface area contributed by atoms with Crippen molar-refractivity contribution in [2.75, 3.05) is 0 Å². The Kier molecular flexibility index (Phi) is 6.22. The Morgan fingerprint density at radius 1 is 0.759 bits per heavy atom. The standard InChI is InChI=1S/C26H33F3/c1-16-3-6-18(7-4-16)13-19-8-10-20(11-9-19)14-22-15-21-12-5-17(2)24(27)23(21)26(29)25(22)28/h5,12,15-16,18-20H,3-4,6-11,13-14H2,1-2H3. The SMILES string of the molecule is Cc1ccc2cc(CC3CCC(CC4CCC(C)CC4)CC3)c(F)c(F)c2c1F. The Labute approximate surface area is 172 Å². The van der Waals surface area contributed by atoms with E-state index in [0.717, 1.165) is 30.6 Å². The zero-order chi connectivity index (χ0) is 20.5. The van der Waals surface area contributed by atoms with E-state index in [-0.39, 0.29) is 5.39 Å². The third-order valence-corrected chi connectivity index (χ3v) is 7.67. The third kappa shape index (κ3) is 4.49. The lowest BCUT2D eigenvalue weighted by Crippen LogP contribution is -2.21. The lowest BCUT2D eigenvalue weighted by molar-refractivity contribution is 0.195. The van der Waals surface area contributed by atoms with Crippen LogP contribution in [0.2, 0.25) is 0 Å². The Hall–Kier alpha value is -1.51. The smallest absolute Gasteiger partial charge is 0.169 e. The molecule has 3 heteroatoms. The first-order chi connectivity index (χ1) is 13.9. The minimum atomic E-state index is -1.03. The van der Waals surface area contributed by atoms with Crippen molar-refractivity contribution in [2.24, 2.45) is 23.7 Å². The number of hydrogen-bond acceptors (Lipinski definition) is 0. The first kappa shape index (κ1) is 20.8. The summed E-state index contributed by atoms with van der Waals surface area (Å²) in [5.41, 5.74) is 0.747. The molecule has 0 heterocycles. The molecule has 0 radical (unpaired) electrons. The Morgan fingerprint density at radius 3 is 2.00 bits per heavy atom. The van der Waals surface area contributed by atoms with E-state index >= 15 is 0 Å². The number of aryl methyl sites for hydroxylation is 1. The average Bonchev–Trinajstić information content (AvgIpc) is 2.72. The molecule has 0 bridgehead atoms. The first-order valence-electron chi connectivity index (χ1n) is 11.5.